The van der Waals surface area contributed by atoms with E-state index in [-0.39, 0.29) is 5.91 Å². The van der Waals surface area contributed by atoms with Crippen LogP contribution < -0.4 is 5.43 Å². The van der Waals surface area contributed by atoms with E-state index in [9.17, 15) is 9.90 Å². The van der Waals surface area contributed by atoms with Crippen LogP contribution in [0.25, 0.3) is 0 Å². The molecular formula is C8H15N2O3+. The van der Waals surface area contributed by atoms with E-state index in [1.807, 2.05) is 0 Å². The lowest BCUT2D eigenvalue weighted by Crippen LogP contribution is -2.60. The summed E-state index contributed by atoms with van der Waals surface area (Å²) in [4.78, 5) is 11.4. The number of carbonyl (C=O) groups is 1. The Labute approximate surface area is 76.8 Å². The summed E-state index contributed by atoms with van der Waals surface area (Å²) >= 11 is 0. The van der Waals surface area contributed by atoms with Crippen LogP contribution in [0.15, 0.2) is 0 Å². The van der Waals surface area contributed by atoms with Gasteiger partial charge in [0.2, 0.25) is 0 Å². The number of aliphatic hydroxyl groups is 1. The van der Waals surface area contributed by atoms with Gasteiger partial charge in [0, 0.05) is 0 Å². The lowest BCUT2D eigenvalue weighted by atomic mass is 10.1. The summed E-state index contributed by atoms with van der Waals surface area (Å²) in [7, 11) is 0. The number of morpholine rings is 1. The molecule has 0 bridgehead atoms. The highest BCUT2D eigenvalue weighted by atomic mass is 16.5. The molecule has 13 heavy (non-hydrogen) atoms. The molecule has 0 radical (unpaired) electrons. The van der Waals surface area contributed by atoms with Gasteiger partial charge in [0.15, 0.2) is 5.60 Å². The zero-order valence-corrected chi connectivity index (χ0v) is 7.75. The molecule has 0 aliphatic carbocycles. The monoisotopic (exact) mass is 187 g/mol. The van der Waals surface area contributed by atoms with Gasteiger partial charge in [0.25, 0.3) is 0 Å². The Kier molecular flexibility index (Phi) is 1.83. The summed E-state index contributed by atoms with van der Waals surface area (Å²) in [5.74, 6) is -0.269. The lowest BCUT2D eigenvalue weighted by molar-refractivity contribution is -0.962. The molecule has 5 heteroatoms. The van der Waals surface area contributed by atoms with Crippen molar-refractivity contribution in [3.05, 3.63) is 0 Å². The minimum absolute atomic E-state index is 0.269. The molecular weight excluding hydrogens is 172 g/mol. The smallest absolute Gasteiger partial charge is 0.302 e. The van der Waals surface area contributed by atoms with Crippen LogP contribution in [-0.2, 0) is 9.53 Å². The van der Waals surface area contributed by atoms with Crippen LogP contribution in [0.4, 0.5) is 0 Å². The largest absolute Gasteiger partial charge is 0.375 e. The molecule has 0 aromatic heterocycles. The van der Waals surface area contributed by atoms with Gasteiger partial charge in [0.1, 0.15) is 19.6 Å². The van der Waals surface area contributed by atoms with Gasteiger partial charge < -0.3 is 9.84 Å². The van der Waals surface area contributed by atoms with Crippen molar-refractivity contribution in [2.45, 2.75) is 12.5 Å². The van der Waals surface area contributed by atoms with Crippen molar-refractivity contribution in [2.75, 3.05) is 32.8 Å². The molecule has 74 valence electrons. The molecule has 1 amide bonds. The Morgan fingerprint density at radius 3 is 2.62 bits per heavy atom. The number of nitrogens with zero attached hydrogens (tertiary/aromatic N) is 1. The number of rotatable bonds is 0. The van der Waals surface area contributed by atoms with E-state index in [1.165, 1.54) is 0 Å². The molecule has 2 aliphatic heterocycles. The average molecular weight is 187 g/mol. The first-order valence-corrected chi connectivity index (χ1v) is 4.53. The van der Waals surface area contributed by atoms with E-state index in [4.69, 9.17) is 4.74 Å². The van der Waals surface area contributed by atoms with Gasteiger partial charge in [-0.25, -0.2) is 4.59 Å². The van der Waals surface area contributed by atoms with Gasteiger partial charge in [-0.05, 0) is 6.92 Å². The molecule has 2 N–H and O–H groups in total. The van der Waals surface area contributed by atoms with E-state index >= 15 is 0 Å². The Bertz CT molecular complexity index is 234. The molecule has 1 spiro atoms. The summed E-state index contributed by atoms with van der Waals surface area (Å²) < 4.78 is 5.69. The zero-order valence-electron chi connectivity index (χ0n) is 7.75. The molecule has 2 rings (SSSR count). The molecule has 2 heterocycles. The number of hydrogen-bond donors (Lipinski definition) is 2. The summed E-state index contributed by atoms with van der Waals surface area (Å²) in [5, 5.41) is 9.71. The Morgan fingerprint density at radius 1 is 1.54 bits per heavy atom. The Balaban J connectivity index is 2.14. The van der Waals surface area contributed by atoms with E-state index in [2.05, 4.69) is 5.43 Å². The number of hydrogen-bond acceptors (Lipinski definition) is 3. The first-order valence-electron chi connectivity index (χ1n) is 4.53. The van der Waals surface area contributed by atoms with Crippen LogP contribution in [0.5, 0.6) is 0 Å². The van der Waals surface area contributed by atoms with Crippen molar-refractivity contribution >= 4 is 5.91 Å². The predicted octanol–water partition coefficient (Wildman–Crippen LogP) is -1.37. The molecule has 2 fully saturated rings. The normalized spacial score (nSPS) is 37.8. The van der Waals surface area contributed by atoms with Crippen molar-refractivity contribution in [1.82, 2.24) is 5.43 Å². The maximum Gasteiger partial charge on any atom is 0.302 e. The molecule has 0 aromatic carbocycles. The molecule has 1 unspecified atom stereocenters. The van der Waals surface area contributed by atoms with E-state index in [1.54, 1.807) is 6.92 Å². The first-order chi connectivity index (χ1) is 6.04. The van der Waals surface area contributed by atoms with Crippen LogP contribution in [0, 0.1) is 0 Å². The van der Waals surface area contributed by atoms with Crippen molar-refractivity contribution in [3.8, 4) is 0 Å². The predicted molar refractivity (Wildman–Crippen MR) is 44.4 cm³/mol. The summed E-state index contributed by atoms with van der Waals surface area (Å²) in [5.41, 5.74) is 1.62. The number of nitrogens with one attached hydrogen (secondary N) is 1. The Hall–Kier alpha value is -0.650. The second kappa shape index (κ2) is 2.67. The van der Waals surface area contributed by atoms with Crippen molar-refractivity contribution in [2.24, 2.45) is 0 Å². The third-order valence-corrected chi connectivity index (χ3v) is 2.77. The van der Waals surface area contributed by atoms with Gasteiger partial charge in [-0.15, -0.1) is 0 Å². The van der Waals surface area contributed by atoms with Crippen LogP contribution in [0.1, 0.15) is 6.92 Å². The molecule has 0 aromatic rings. The van der Waals surface area contributed by atoms with Crippen molar-refractivity contribution in [3.63, 3.8) is 0 Å². The maximum absolute atomic E-state index is 11.4. The van der Waals surface area contributed by atoms with Gasteiger partial charge in [0.05, 0.1) is 13.2 Å². The summed E-state index contributed by atoms with van der Waals surface area (Å²) in [6.07, 6.45) is 0. The average Bonchev–Trinajstić information content (AvgIpc) is 2.23. The summed E-state index contributed by atoms with van der Waals surface area (Å²) in [6.45, 7) is 4.82. The minimum Gasteiger partial charge on any atom is -0.375 e. The van der Waals surface area contributed by atoms with Gasteiger partial charge in [-0.1, -0.05) is 0 Å². The van der Waals surface area contributed by atoms with E-state index in [0.717, 1.165) is 13.1 Å². The van der Waals surface area contributed by atoms with E-state index in [0.29, 0.717) is 24.4 Å². The highest BCUT2D eigenvalue weighted by Gasteiger charge is 2.52. The first kappa shape index (κ1) is 8.93. The topological polar surface area (TPSA) is 58.6 Å². The van der Waals surface area contributed by atoms with Crippen LogP contribution >= 0.6 is 0 Å². The van der Waals surface area contributed by atoms with Gasteiger partial charge in [-0.3, -0.25) is 4.79 Å². The van der Waals surface area contributed by atoms with E-state index < -0.39 is 5.60 Å². The molecule has 0 saturated carbocycles. The summed E-state index contributed by atoms with van der Waals surface area (Å²) in [6, 6.07) is 0. The maximum atomic E-state index is 11.4. The quantitative estimate of drug-likeness (QED) is 0.460. The SMILES string of the molecule is CC1(O)C[N+]2(CCOCC2)NC1=O. The Morgan fingerprint density at radius 2 is 2.15 bits per heavy atom. The number of quaternary nitrogens is 1. The standard InChI is InChI=1S/C8H14N2O3/c1-8(12)6-10(9-7(8)11)2-4-13-5-3-10/h12H,2-6H2,1H3/p+1. The molecule has 5 nitrogen and oxygen atoms in total. The zero-order chi connectivity index (χ0) is 9.53. The lowest BCUT2D eigenvalue weighted by Gasteiger charge is -2.35. The number of carbonyl (C=O) groups excluding carboxylic acids is 1. The van der Waals surface area contributed by atoms with Gasteiger partial charge >= 0.3 is 5.91 Å². The third-order valence-electron chi connectivity index (χ3n) is 2.77. The minimum atomic E-state index is -1.21. The molecule has 2 aliphatic rings. The van der Waals surface area contributed by atoms with Crippen molar-refractivity contribution in [1.29, 1.82) is 0 Å². The van der Waals surface area contributed by atoms with Crippen LogP contribution in [0.2, 0.25) is 0 Å². The number of ether oxygens (including phenoxy) is 1. The van der Waals surface area contributed by atoms with Gasteiger partial charge in [-0.2, -0.15) is 5.43 Å². The number of amides is 1. The fraction of sp³-hybridized carbons (Fsp3) is 0.875. The second-order valence-electron chi connectivity index (χ2n) is 4.08. The highest BCUT2D eigenvalue weighted by molar-refractivity contribution is 5.84. The van der Waals surface area contributed by atoms with Crippen LogP contribution in [-0.4, -0.2) is 54.1 Å². The second-order valence-corrected chi connectivity index (χ2v) is 4.08. The third kappa shape index (κ3) is 1.43. The molecule has 2 saturated heterocycles. The molecule has 1 atom stereocenters. The fourth-order valence-corrected chi connectivity index (χ4v) is 2.00. The van der Waals surface area contributed by atoms with Crippen molar-refractivity contribution < 1.29 is 19.2 Å². The van der Waals surface area contributed by atoms with Crippen LogP contribution in [0.3, 0.4) is 0 Å². The highest BCUT2D eigenvalue weighted by Crippen LogP contribution is 2.21. The fourth-order valence-electron chi connectivity index (χ4n) is 2.00.